The molecule has 0 radical (unpaired) electrons. The van der Waals surface area contributed by atoms with Gasteiger partial charge in [0.25, 0.3) is 0 Å². The van der Waals surface area contributed by atoms with Gasteiger partial charge in [-0.25, -0.2) is 0 Å². The Kier molecular flexibility index (Phi) is 8.50. The summed E-state index contributed by atoms with van der Waals surface area (Å²) in [5, 5.41) is 11.6. The molecule has 1 amide bonds. The van der Waals surface area contributed by atoms with Crippen molar-refractivity contribution < 1.29 is 14.3 Å². The number of hydrogen-bond donors (Lipinski definition) is 1. The SMILES string of the molecule is CCOC(=O)Cc1nnc(SC(C)C(=O)Nc2ccc(C(C)(C)C)cc2)n1Cc1ccccc1. The molecule has 0 bridgehead atoms. The van der Waals surface area contributed by atoms with Crippen LogP contribution in [-0.2, 0) is 32.7 Å². The third-order valence-corrected chi connectivity index (χ3v) is 6.34. The molecule has 0 saturated heterocycles. The highest BCUT2D eigenvalue weighted by Gasteiger charge is 2.22. The second kappa shape index (κ2) is 11.3. The van der Waals surface area contributed by atoms with E-state index in [4.69, 9.17) is 4.74 Å². The molecule has 0 aliphatic carbocycles. The van der Waals surface area contributed by atoms with Crippen LogP contribution in [0.25, 0.3) is 0 Å². The summed E-state index contributed by atoms with van der Waals surface area (Å²) in [6.07, 6.45) is 0.0228. The first-order chi connectivity index (χ1) is 16.2. The molecule has 8 heteroatoms. The molecular formula is C26H32N4O3S. The van der Waals surface area contributed by atoms with E-state index in [1.165, 1.54) is 17.3 Å². The predicted molar refractivity (Wildman–Crippen MR) is 135 cm³/mol. The van der Waals surface area contributed by atoms with Gasteiger partial charge in [0.1, 0.15) is 12.2 Å². The molecule has 1 heterocycles. The van der Waals surface area contributed by atoms with E-state index in [2.05, 4.69) is 36.3 Å². The van der Waals surface area contributed by atoms with Gasteiger partial charge in [-0.2, -0.15) is 0 Å². The maximum absolute atomic E-state index is 12.9. The van der Waals surface area contributed by atoms with Crippen molar-refractivity contribution >= 4 is 29.3 Å². The van der Waals surface area contributed by atoms with Gasteiger partial charge in [-0.05, 0) is 42.5 Å². The summed E-state index contributed by atoms with van der Waals surface area (Å²) in [7, 11) is 0. The monoisotopic (exact) mass is 480 g/mol. The number of nitrogens with zero attached hydrogens (tertiary/aromatic N) is 3. The Hall–Kier alpha value is -3.13. The fraction of sp³-hybridized carbons (Fsp3) is 0.385. The van der Waals surface area contributed by atoms with Crippen molar-refractivity contribution in [2.24, 2.45) is 0 Å². The minimum Gasteiger partial charge on any atom is -0.466 e. The lowest BCUT2D eigenvalue weighted by atomic mass is 9.87. The Bertz CT molecular complexity index is 1110. The lowest BCUT2D eigenvalue weighted by molar-refractivity contribution is -0.142. The quantitative estimate of drug-likeness (QED) is 0.348. The summed E-state index contributed by atoms with van der Waals surface area (Å²) in [6.45, 7) is 10.9. The highest BCUT2D eigenvalue weighted by atomic mass is 32.2. The topological polar surface area (TPSA) is 86.1 Å². The number of ether oxygens (including phenoxy) is 1. The van der Waals surface area contributed by atoms with Crippen LogP contribution in [0.15, 0.2) is 59.8 Å². The van der Waals surface area contributed by atoms with Gasteiger partial charge in [0.15, 0.2) is 5.16 Å². The van der Waals surface area contributed by atoms with E-state index in [1.807, 2.05) is 66.1 Å². The molecule has 3 rings (SSSR count). The lowest BCUT2D eigenvalue weighted by Gasteiger charge is -2.19. The van der Waals surface area contributed by atoms with Gasteiger partial charge in [0.2, 0.25) is 5.91 Å². The molecule has 1 aromatic heterocycles. The van der Waals surface area contributed by atoms with Gasteiger partial charge in [-0.15, -0.1) is 10.2 Å². The zero-order chi connectivity index (χ0) is 24.7. The Morgan fingerprint density at radius 3 is 2.35 bits per heavy atom. The van der Waals surface area contributed by atoms with Crippen molar-refractivity contribution in [3.8, 4) is 0 Å². The largest absolute Gasteiger partial charge is 0.466 e. The highest BCUT2D eigenvalue weighted by molar-refractivity contribution is 8.00. The number of esters is 1. The maximum Gasteiger partial charge on any atom is 0.313 e. The summed E-state index contributed by atoms with van der Waals surface area (Å²) in [5.74, 6) is 0.0233. The van der Waals surface area contributed by atoms with E-state index in [0.29, 0.717) is 24.1 Å². The molecule has 0 saturated carbocycles. The first-order valence-electron chi connectivity index (χ1n) is 11.4. The van der Waals surface area contributed by atoms with Gasteiger partial charge < -0.3 is 14.6 Å². The van der Waals surface area contributed by atoms with Crippen molar-refractivity contribution in [3.63, 3.8) is 0 Å². The van der Waals surface area contributed by atoms with Crippen molar-refractivity contribution in [2.45, 2.75) is 63.4 Å². The van der Waals surface area contributed by atoms with Gasteiger partial charge in [-0.3, -0.25) is 9.59 Å². The minimum absolute atomic E-state index is 0.0228. The number of carbonyl (C=O) groups is 2. The molecule has 1 N–H and O–H groups in total. The van der Waals surface area contributed by atoms with E-state index in [0.717, 1.165) is 11.3 Å². The van der Waals surface area contributed by atoms with E-state index >= 15 is 0 Å². The second-order valence-electron chi connectivity index (χ2n) is 9.03. The number of rotatable bonds is 9. The number of carbonyl (C=O) groups excluding carboxylic acids is 2. The van der Waals surface area contributed by atoms with Crippen LogP contribution in [0.5, 0.6) is 0 Å². The van der Waals surface area contributed by atoms with E-state index in [9.17, 15) is 9.59 Å². The summed E-state index contributed by atoms with van der Waals surface area (Å²) < 4.78 is 6.96. The Labute approximate surface area is 205 Å². The zero-order valence-corrected chi connectivity index (χ0v) is 21.2. The minimum atomic E-state index is -0.420. The molecule has 1 unspecified atom stereocenters. The van der Waals surface area contributed by atoms with E-state index in [-0.39, 0.29) is 23.7 Å². The Morgan fingerprint density at radius 1 is 1.06 bits per heavy atom. The van der Waals surface area contributed by atoms with Gasteiger partial charge in [0.05, 0.1) is 18.4 Å². The van der Waals surface area contributed by atoms with Crippen LogP contribution in [0.4, 0.5) is 5.69 Å². The molecule has 2 aromatic carbocycles. The van der Waals surface area contributed by atoms with Crippen LogP contribution in [0, 0.1) is 0 Å². The fourth-order valence-corrected chi connectivity index (χ4v) is 4.18. The number of anilines is 1. The second-order valence-corrected chi connectivity index (χ2v) is 10.3. The number of amides is 1. The number of benzene rings is 2. The summed E-state index contributed by atoms with van der Waals surface area (Å²) >= 11 is 1.31. The highest BCUT2D eigenvalue weighted by Crippen LogP contribution is 2.26. The summed E-state index contributed by atoms with van der Waals surface area (Å²) in [6, 6.07) is 17.8. The first-order valence-corrected chi connectivity index (χ1v) is 12.2. The molecule has 0 aliphatic rings. The number of aromatic nitrogens is 3. The number of hydrogen-bond acceptors (Lipinski definition) is 6. The lowest BCUT2D eigenvalue weighted by Crippen LogP contribution is -2.23. The standard InChI is InChI=1S/C26H32N4O3S/c1-6-33-23(31)16-22-28-29-25(30(22)17-19-10-8-7-9-11-19)34-18(2)24(32)27-21-14-12-20(13-15-21)26(3,4)5/h7-15,18H,6,16-17H2,1-5H3,(H,27,32). The molecule has 34 heavy (non-hydrogen) atoms. The third-order valence-electron chi connectivity index (χ3n) is 5.25. The molecule has 0 spiro atoms. The fourth-order valence-electron chi connectivity index (χ4n) is 3.31. The van der Waals surface area contributed by atoms with Gasteiger partial charge >= 0.3 is 5.97 Å². The normalized spacial score (nSPS) is 12.3. The zero-order valence-electron chi connectivity index (χ0n) is 20.4. The number of thioether (sulfide) groups is 1. The summed E-state index contributed by atoms with van der Waals surface area (Å²) in [4.78, 5) is 24.9. The molecule has 0 fully saturated rings. The van der Waals surface area contributed by atoms with Crippen LogP contribution in [0.3, 0.4) is 0 Å². The van der Waals surface area contributed by atoms with Crippen LogP contribution in [0.2, 0.25) is 0 Å². The molecule has 180 valence electrons. The average Bonchev–Trinajstić information content (AvgIpc) is 3.15. The van der Waals surface area contributed by atoms with Crippen LogP contribution < -0.4 is 5.32 Å². The average molecular weight is 481 g/mol. The van der Waals surface area contributed by atoms with Gasteiger partial charge in [0, 0.05) is 5.69 Å². The van der Waals surface area contributed by atoms with Crippen molar-refractivity contribution in [1.82, 2.24) is 14.8 Å². The molecule has 7 nitrogen and oxygen atoms in total. The predicted octanol–water partition coefficient (Wildman–Crippen LogP) is 4.85. The van der Waals surface area contributed by atoms with E-state index < -0.39 is 5.25 Å². The smallest absolute Gasteiger partial charge is 0.313 e. The Morgan fingerprint density at radius 2 is 1.74 bits per heavy atom. The van der Waals surface area contributed by atoms with Crippen LogP contribution >= 0.6 is 11.8 Å². The van der Waals surface area contributed by atoms with Crippen molar-refractivity contribution in [3.05, 3.63) is 71.5 Å². The molecular weight excluding hydrogens is 448 g/mol. The van der Waals surface area contributed by atoms with Gasteiger partial charge in [-0.1, -0.05) is 75.0 Å². The maximum atomic E-state index is 12.9. The molecule has 3 aromatic rings. The van der Waals surface area contributed by atoms with Crippen molar-refractivity contribution in [1.29, 1.82) is 0 Å². The third kappa shape index (κ3) is 6.93. The first kappa shape index (κ1) is 25.5. The van der Waals surface area contributed by atoms with Crippen LogP contribution in [-0.4, -0.2) is 38.5 Å². The Balaban J connectivity index is 1.74. The van der Waals surface area contributed by atoms with Crippen LogP contribution in [0.1, 0.15) is 51.6 Å². The van der Waals surface area contributed by atoms with Crippen molar-refractivity contribution in [2.75, 3.05) is 11.9 Å². The number of nitrogens with one attached hydrogen (secondary N) is 1. The summed E-state index contributed by atoms with van der Waals surface area (Å²) in [5.41, 5.74) is 3.05. The molecule has 1 atom stereocenters. The molecule has 0 aliphatic heterocycles. The van der Waals surface area contributed by atoms with E-state index in [1.54, 1.807) is 6.92 Å².